The molecule has 4 saturated carbocycles. The lowest BCUT2D eigenvalue weighted by Gasteiger charge is -2.56. The van der Waals surface area contributed by atoms with E-state index in [1.54, 1.807) is 19.1 Å². The minimum Gasteiger partial charge on any atom is -0.496 e. The van der Waals surface area contributed by atoms with Crippen molar-refractivity contribution in [3.8, 4) is 5.75 Å². The Morgan fingerprint density at radius 1 is 1.14 bits per heavy atom. The molecule has 1 atom stereocenters. The first-order valence-corrected chi connectivity index (χ1v) is 11.0. The number of hydrogen-bond acceptors (Lipinski definition) is 3. The zero-order chi connectivity index (χ0) is 20.6. The van der Waals surface area contributed by atoms with Crippen LogP contribution >= 0.6 is 0 Å². The van der Waals surface area contributed by atoms with E-state index in [2.05, 4.69) is 5.32 Å². The maximum absolute atomic E-state index is 12.7. The molecule has 4 bridgehead atoms. The second-order valence-corrected chi connectivity index (χ2v) is 9.79. The fourth-order valence-corrected chi connectivity index (χ4v) is 6.64. The van der Waals surface area contributed by atoms with E-state index in [4.69, 9.17) is 4.74 Å². The molecular formula is C24H34N2O3. The van der Waals surface area contributed by atoms with Crippen molar-refractivity contribution in [1.29, 1.82) is 0 Å². The molecule has 0 saturated heterocycles. The molecule has 0 heterocycles. The molecule has 0 radical (unpaired) electrons. The van der Waals surface area contributed by atoms with Gasteiger partial charge in [-0.15, -0.1) is 0 Å². The predicted octanol–water partition coefficient (Wildman–Crippen LogP) is 3.94. The van der Waals surface area contributed by atoms with Gasteiger partial charge in [0.05, 0.1) is 19.7 Å². The van der Waals surface area contributed by atoms with Gasteiger partial charge in [-0.05, 0) is 74.7 Å². The number of likely N-dealkylation sites (N-methyl/N-ethyl adjacent to an activating group) is 1. The molecule has 5 rings (SSSR count). The third kappa shape index (κ3) is 4.15. The Morgan fingerprint density at radius 3 is 2.31 bits per heavy atom. The molecule has 1 unspecified atom stereocenters. The standard InChI is InChI=1S/C24H34N2O3/c1-16(20-6-4-5-7-21(20)29-3)26(2)23(28)15-25-22(27)14-24-11-17-8-18(12-24)10-19(9-17)13-24/h4-7,16-19H,8-15H2,1-3H3,(H,25,27). The van der Waals surface area contributed by atoms with Crippen LogP contribution in [0.15, 0.2) is 24.3 Å². The van der Waals surface area contributed by atoms with Gasteiger partial charge in [0.25, 0.3) is 0 Å². The summed E-state index contributed by atoms with van der Waals surface area (Å²) in [5.74, 6) is 3.24. The van der Waals surface area contributed by atoms with E-state index in [0.29, 0.717) is 6.42 Å². The number of amides is 2. The molecule has 4 aliphatic rings. The SMILES string of the molecule is COc1ccccc1C(C)N(C)C(=O)CNC(=O)CC12CC3CC(CC(C3)C1)C2. The number of rotatable bonds is 7. The highest BCUT2D eigenvalue weighted by Gasteiger charge is 2.51. The van der Waals surface area contributed by atoms with Gasteiger partial charge in [-0.25, -0.2) is 0 Å². The van der Waals surface area contributed by atoms with Crippen molar-refractivity contribution in [1.82, 2.24) is 10.2 Å². The maximum atomic E-state index is 12.7. The van der Waals surface area contributed by atoms with E-state index < -0.39 is 0 Å². The van der Waals surface area contributed by atoms with Crippen LogP contribution < -0.4 is 10.1 Å². The van der Waals surface area contributed by atoms with Crippen molar-refractivity contribution < 1.29 is 14.3 Å². The molecule has 0 aliphatic heterocycles. The van der Waals surface area contributed by atoms with Gasteiger partial charge in [-0.3, -0.25) is 9.59 Å². The van der Waals surface area contributed by atoms with E-state index >= 15 is 0 Å². The Bertz CT molecular complexity index is 740. The molecule has 1 aromatic carbocycles. The van der Waals surface area contributed by atoms with Crippen LogP contribution in [0.3, 0.4) is 0 Å². The average Bonchev–Trinajstić information content (AvgIpc) is 2.69. The third-order valence-electron chi connectivity index (χ3n) is 7.70. The van der Waals surface area contributed by atoms with Crippen LogP contribution in [-0.4, -0.2) is 37.4 Å². The van der Waals surface area contributed by atoms with Gasteiger partial charge in [-0.1, -0.05) is 18.2 Å². The highest BCUT2D eigenvalue weighted by atomic mass is 16.5. The third-order valence-corrected chi connectivity index (χ3v) is 7.70. The Balaban J connectivity index is 1.30. The van der Waals surface area contributed by atoms with E-state index in [1.165, 1.54) is 38.5 Å². The van der Waals surface area contributed by atoms with Crippen LogP contribution in [0, 0.1) is 23.2 Å². The lowest BCUT2D eigenvalue weighted by Crippen LogP contribution is -2.48. The number of carbonyl (C=O) groups is 2. The van der Waals surface area contributed by atoms with Gasteiger partial charge >= 0.3 is 0 Å². The van der Waals surface area contributed by atoms with Crippen molar-refractivity contribution >= 4 is 11.8 Å². The molecule has 158 valence electrons. The Hall–Kier alpha value is -2.04. The monoisotopic (exact) mass is 398 g/mol. The summed E-state index contributed by atoms with van der Waals surface area (Å²) in [6.07, 6.45) is 8.37. The smallest absolute Gasteiger partial charge is 0.242 e. The van der Waals surface area contributed by atoms with Crippen molar-refractivity contribution in [2.24, 2.45) is 23.2 Å². The minimum atomic E-state index is -0.126. The van der Waals surface area contributed by atoms with Gasteiger partial charge in [0.15, 0.2) is 0 Å². The van der Waals surface area contributed by atoms with Gasteiger partial charge in [0.1, 0.15) is 5.75 Å². The first kappa shape index (κ1) is 20.2. The molecule has 0 aromatic heterocycles. The predicted molar refractivity (Wildman–Crippen MR) is 112 cm³/mol. The zero-order valence-corrected chi connectivity index (χ0v) is 17.9. The first-order valence-electron chi connectivity index (χ1n) is 11.0. The molecule has 0 spiro atoms. The largest absolute Gasteiger partial charge is 0.496 e. The van der Waals surface area contributed by atoms with Crippen LogP contribution in [0.1, 0.15) is 63.5 Å². The number of nitrogens with zero attached hydrogens (tertiary/aromatic N) is 1. The van der Waals surface area contributed by atoms with Gasteiger partial charge in [0.2, 0.25) is 11.8 Å². The molecule has 5 nitrogen and oxygen atoms in total. The van der Waals surface area contributed by atoms with E-state index in [-0.39, 0.29) is 29.8 Å². The highest BCUT2D eigenvalue weighted by molar-refractivity contribution is 5.85. The number of carbonyl (C=O) groups excluding carboxylic acids is 2. The van der Waals surface area contributed by atoms with Crippen molar-refractivity contribution in [3.63, 3.8) is 0 Å². The average molecular weight is 399 g/mol. The summed E-state index contributed by atoms with van der Waals surface area (Å²) in [6.45, 7) is 2.04. The summed E-state index contributed by atoms with van der Waals surface area (Å²) in [6, 6.07) is 7.61. The molecule has 2 amide bonds. The number of ether oxygens (including phenoxy) is 1. The van der Waals surface area contributed by atoms with Crippen LogP contribution in [0.5, 0.6) is 5.75 Å². The van der Waals surface area contributed by atoms with E-state index in [9.17, 15) is 9.59 Å². The highest BCUT2D eigenvalue weighted by Crippen LogP contribution is 2.61. The summed E-state index contributed by atoms with van der Waals surface area (Å²) >= 11 is 0. The van der Waals surface area contributed by atoms with Crippen LogP contribution in [0.2, 0.25) is 0 Å². The van der Waals surface area contributed by atoms with Gasteiger partial charge in [-0.2, -0.15) is 0 Å². The van der Waals surface area contributed by atoms with Crippen LogP contribution in [-0.2, 0) is 9.59 Å². The molecule has 1 N–H and O–H groups in total. The summed E-state index contributed by atoms with van der Waals surface area (Å²) < 4.78 is 5.42. The summed E-state index contributed by atoms with van der Waals surface area (Å²) in [5.41, 5.74) is 1.17. The fraction of sp³-hybridized carbons (Fsp3) is 0.667. The lowest BCUT2D eigenvalue weighted by atomic mass is 9.49. The quantitative estimate of drug-likeness (QED) is 0.757. The van der Waals surface area contributed by atoms with Crippen molar-refractivity contribution in [2.45, 2.75) is 57.9 Å². The van der Waals surface area contributed by atoms with Crippen LogP contribution in [0.4, 0.5) is 0 Å². The Kier molecular flexibility index (Phi) is 5.58. The normalized spacial score (nSPS) is 30.7. The minimum absolute atomic E-state index is 0.0404. The fourth-order valence-electron chi connectivity index (χ4n) is 6.64. The molecule has 29 heavy (non-hydrogen) atoms. The Labute approximate surface area is 174 Å². The first-order chi connectivity index (χ1) is 13.9. The number of methoxy groups -OCH3 is 1. The summed E-state index contributed by atoms with van der Waals surface area (Å²) in [4.78, 5) is 27.1. The van der Waals surface area contributed by atoms with Gasteiger partial charge < -0.3 is 15.0 Å². The molecule has 4 fully saturated rings. The number of para-hydroxylation sites is 1. The molecule has 1 aromatic rings. The summed E-state index contributed by atoms with van der Waals surface area (Å²) in [5, 5.41) is 2.91. The van der Waals surface area contributed by atoms with Crippen LogP contribution in [0.25, 0.3) is 0 Å². The van der Waals surface area contributed by atoms with Gasteiger partial charge in [0, 0.05) is 19.0 Å². The lowest BCUT2D eigenvalue weighted by molar-refractivity contribution is -0.136. The van der Waals surface area contributed by atoms with Crippen molar-refractivity contribution in [2.75, 3.05) is 20.7 Å². The maximum Gasteiger partial charge on any atom is 0.242 e. The van der Waals surface area contributed by atoms with E-state index in [0.717, 1.165) is 29.1 Å². The number of benzene rings is 1. The second-order valence-electron chi connectivity index (χ2n) is 9.79. The molecular weight excluding hydrogens is 364 g/mol. The Morgan fingerprint density at radius 2 is 1.72 bits per heavy atom. The zero-order valence-electron chi connectivity index (χ0n) is 17.9. The molecule has 4 aliphatic carbocycles. The number of nitrogens with one attached hydrogen (secondary N) is 1. The summed E-state index contributed by atoms with van der Waals surface area (Å²) in [7, 11) is 3.42. The van der Waals surface area contributed by atoms with Crippen molar-refractivity contribution in [3.05, 3.63) is 29.8 Å². The number of hydrogen-bond donors (Lipinski definition) is 1. The van der Waals surface area contributed by atoms with E-state index in [1.807, 2.05) is 31.2 Å². The molecule has 5 heteroatoms. The second kappa shape index (κ2) is 8.00. The topological polar surface area (TPSA) is 58.6 Å².